The Morgan fingerprint density at radius 3 is 2.19 bits per heavy atom. The van der Waals surface area contributed by atoms with Gasteiger partial charge in [-0.2, -0.15) is 0 Å². The van der Waals surface area contributed by atoms with Crippen LogP contribution >= 0.6 is 0 Å². The Morgan fingerprint density at radius 2 is 1.48 bits per heavy atom. The van der Waals surface area contributed by atoms with Crippen molar-refractivity contribution in [2.45, 2.75) is 31.8 Å². The fourth-order valence-electron chi connectivity index (χ4n) is 4.53. The molecule has 0 bridgehead atoms. The normalized spacial score (nSPS) is 20.5. The van der Waals surface area contributed by atoms with Crippen LogP contribution in [0.25, 0.3) is 0 Å². The predicted octanol–water partition coefficient (Wildman–Crippen LogP) is 2.73. The fraction of sp³-hybridized carbons (Fsp3) is 0.440. The number of likely N-dealkylation sites (tertiary alicyclic amines) is 2. The van der Waals surface area contributed by atoms with E-state index in [0.717, 1.165) is 57.7 Å². The van der Waals surface area contributed by atoms with Gasteiger partial charge in [0, 0.05) is 37.3 Å². The molecule has 164 valence electrons. The van der Waals surface area contributed by atoms with Gasteiger partial charge in [0.15, 0.2) is 0 Å². The average molecular weight is 421 g/mol. The smallest absolute Gasteiger partial charge is 0.234 e. The van der Waals surface area contributed by atoms with Crippen LogP contribution in [-0.2, 0) is 16.1 Å². The largest absolute Gasteiger partial charge is 0.351 e. The van der Waals surface area contributed by atoms with Crippen molar-refractivity contribution in [3.05, 3.63) is 66.2 Å². The van der Waals surface area contributed by atoms with Gasteiger partial charge in [0.25, 0.3) is 0 Å². The van der Waals surface area contributed by atoms with E-state index in [9.17, 15) is 9.59 Å². The molecule has 1 atom stereocenters. The van der Waals surface area contributed by atoms with Crippen LogP contribution in [0.4, 0.5) is 5.69 Å². The first-order chi connectivity index (χ1) is 15.2. The van der Waals surface area contributed by atoms with Crippen molar-refractivity contribution in [1.29, 1.82) is 0 Å². The Labute approximate surface area is 184 Å². The highest BCUT2D eigenvalue weighted by atomic mass is 16.2. The first kappa shape index (κ1) is 21.5. The number of hydrogen-bond donors (Lipinski definition) is 2. The van der Waals surface area contributed by atoms with Gasteiger partial charge in [-0.05, 0) is 50.0 Å². The molecule has 0 radical (unpaired) electrons. The molecule has 2 amide bonds. The first-order valence-electron chi connectivity index (χ1n) is 11.3. The van der Waals surface area contributed by atoms with Crippen LogP contribution in [0.3, 0.4) is 0 Å². The lowest BCUT2D eigenvalue weighted by Crippen LogP contribution is -2.46. The number of carbonyl (C=O) groups is 2. The van der Waals surface area contributed by atoms with E-state index in [2.05, 4.69) is 44.7 Å². The van der Waals surface area contributed by atoms with Crippen molar-refractivity contribution >= 4 is 17.5 Å². The van der Waals surface area contributed by atoms with Crippen molar-refractivity contribution in [2.24, 2.45) is 5.92 Å². The second kappa shape index (κ2) is 10.6. The Kier molecular flexibility index (Phi) is 7.33. The van der Waals surface area contributed by atoms with Crippen LogP contribution in [-0.4, -0.2) is 60.4 Å². The van der Waals surface area contributed by atoms with Gasteiger partial charge in [-0.3, -0.25) is 19.4 Å². The Hall–Kier alpha value is -2.70. The first-order valence-corrected chi connectivity index (χ1v) is 11.3. The number of anilines is 1. The van der Waals surface area contributed by atoms with E-state index in [4.69, 9.17) is 0 Å². The van der Waals surface area contributed by atoms with E-state index in [-0.39, 0.29) is 23.8 Å². The third-order valence-corrected chi connectivity index (χ3v) is 6.25. The number of benzene rings is 2. The zero-order valence-corrected chi connectivity index (χ0v) is 18.0. The summed E-state index contributed by atoms with van der Waals surface area (Å²) in [5, 5.41) is 6.20. The van der Waals surface area contributed by atoms with E-state index in [0.29, 0.717) is 6.54 Å². The van der Waals surface area contributed by atoms with Gasteiger partial charge in [0.05, 0.1) is 6.54 Å². The molecule has 0 aliphatic carbocycles. The number of piperidine rings is 1. The summed E-state index contributed by atoms with van der Waals surface area (Å²) in [6.45, 7) is 4.84. The van der Waals surface area contributed by atoms with E-state index in [1.54, 1.807) is 0 Å². The maximum atomic E-state index is 12.5. The average Bonchev–Trinajstić information content (AvgIpc) is 3.22. The summed E-state index contributed by atoms with van der Waals surface area (Å²) in [5.74, 6) is 0.194. The molecule has 0 spiro atoms. The third-order valence-electron chi connectivity index (χ3n) is 6.25. The summed E-state index contributed by atoms with van der Waals surface area (Å²) in [7, 11) is 0. The molecule has 0 saturated carbocycles. The van der Waals surface area contributed by atoms with E-state index in [1.165, 1.54) is 5.56 Å². The van der Waals surface area contributed by atoms with Crippen LogP contribution in [0.15, 0.2) is 60.7 Å². The molecular formula is C25H32N4O2. The maximum absolute atomic E-state index is 12.5. The number of rotatable bonds is 7. The van der Waals surface area contributed by atoms with Crippen molar-refractivity contribution in [2.75, 3.05) is 38.0 Å². The van der Waals surface area contributed by atoms with Gasteiger partial charge in [-0.25, -0.2) is 0 Å². The van der Waals surface area contributed by atoms with Crippen molar-refractivity contribution < 1.29 is 9.59 Å². The number of carbonyl (C=O) groups excluding carboxylic acids is 2. The Bertz CT molecular complexity index is 850. The minimum absolute atomic E-state index is 0.0147. The second-order valence-corrected chi connectivity index (χ2v) is 8.68. The number of nitrogens with zero attached hydrogens (tertiary/aromatic N) is 2. The monoisotopic (exact) mass is 420 g/mol. The SMILES string of the molecule is O=C(CN1CCC(C(=O)Nc2ccccc2)CC1)N[C@@H]1CCN(Cc2ccccc2)C1. The molecule has 6 nitrogen and oxygen atoms in total. The Morgan fingerprint density at radius 1 is 0.839 bits per heavy atom. The fourth-order valence-corrected chi connectivity index (χ4v) is 4.53. The van der Waals surface area contributed by atoms with E-state index >= 15 is 0 Å². The van der Waals surface area contributed by atoms with Gasteiger partial charge in [-0.15, -0.1) is 0 Å². The molecule has 31 heavy (non-hydrogen) atoms. The summed E-state index contributed by atoms with van der Waals surface area (Å²) in [6, 6.07) is 20.3. The molecule has 2 aliphatic rings. The molecule has 0 aromatic heterocycles. The number of para-hydroxylation sites is 1. The summed E-state index contributed by atoms with van der Waals surface area (Å²) in [6.07, 6.45) is 2.58. The predicted molar refractivity (Wildman–Crippen MR) is 123 cm³/mol. The summed E-state index contributed by atoms with van der Waals surface area (Å²) in [4.78, 5) is 29.6. The quantitative estimate of drug-likeness (QED) is 0.723. The topological polar surface area (TPSA) is 64.7 Å². The molecule has 2 saturated heterocycles. The second-order valence-electron chi connectivity index (χ2n) is 8.68. The lowest BCUT2D eigenvalue weighted by molar-refractivity contribution is -0.123. The minimum atomic E-state index is 0.0147. The van der Waals surface area contributed by atoms with Gasteiger partial charge < -0.3 is 10.6 Å². The lowest BCUT2D eigenvalue weighted by atomic mass is 9.96. The molecule has 2 aromatic carbocycles. The zero-order valence-electron chi connectivity index (χ0n) is 18.0. The summed E-state index contributed by atoms with van der Waals surface area (Å²) >= 11 is 0. The van der Waals surface area contributed by atoms with Crippen molar-refractivity contribution in [3.63, 3.8) is 0 Å². The van der Waals surface area contributed by atoms with Gasteiger partial charge >= 0.3 is 0 Å². The van der Waals surface area contributed by atoms with Crippen molar-refractivity contribution in [1.82, 2.24) is 15.1 Å². The third kappa shape index (κ3) is 6.39. The molecule has 2 N–H and O–H groups in total. The highest BCUT2D eigenvalue weighted by Gasteiger charge is 2.28. The number of nitrogens with one attached hydrogen (secondary N) is 2. The molecule has 0 unspecified atom stereocenters. The van der Waals surface area contributed by atoms with Gasteiger partial charge in [-0.1, -0.05) is 48.5 Å². The van der Waals surface area contributed by atoms with Gasteiger partial charge in [0.2, 0.25) is 11.8 Å². The highest BCUT2D eigenvalue weighted by Crippen LogP contribution is 2.19. The van der Waals surface area contributed by atoms with E-state index < -0.39 is 0 Å². The van der Waals surface area contributed by atoms with E-state index in [1.807, 2.05) is 36.4 Å². The van der Waals surface area contributed by atoms with Crippen LogP contribution in [0, 0.1) is 5.92 Å². The molecule has 2 aliphatic heterocycles. The minimum Gasteiger partial charge on any atom is -0.351 e. The Balaban J connectivity index is 1.15. The number of amides is 2. The molecule has 2 aromatic rings. The molecule has 4 rings (SSSR count). The van der Waals surface area contributed by atoms with Crippen LogP contribution in [0.5, 0.6) is 0 Å². The molecule has 6 heteroatoms. The summed E-state index contributed by atoms with van der Waals surface area (Å²) in [5.41, 5.74) is 2.15. The zero-order chi connectivity index (χ0) is 21.5. The van der Waals surface area contributed by atoms with Crippen molar-refractivity contribution in [3.8, 4) is 0 Å². The molecule has 2 fully saturated rings. The lowest BCUT2D eigenvalue weighted by Gasteiger charge is -2.31. The van der Waals surface area contributed by atoms with Crippen LogP contribution in [0.1, 0.15) is 24.8 Å². The van der Waals surface area contributed by atoms with Gasteiger partial charge in [0.1, 0.15) is 0 Å². The van der Waals surface area contributed by atoms with Crippen LogP contribution in [0.2, 0.25) is 0 Å². The molecule has 2 heterocycles. The number of hydrogen-bond acceptors (Lipinski definition) is 4. The summed E-state index contributed by atoms with van der Waals surface area (Å²) < 4.78 is 0. The standard InChI is InChI=1S/C25H32N4O2/c30-24(26-23-13-16-29(18-23)17-20-7-3-1-4-8-20)19-28-14-11-21(12-15-28)25(31)27-22-9-5-2-6-10-22/h1-10,21,23H,11-19H2,(H,26,30)(H,27,31)/t23-/m1/s1. The highest BCUT2D eigenvalue weighted by molar-refractivity contribution is 5.92. The maximum Gasteiger partial charge on any atom is 0.234 e. The van der Waals surface area contributed by atoms with Crippen LogP contribution < -0.4 is 10.6 Å². The molecular weight excluding hydrogens is 388 g/mol.